The van der Waals surface area contributed by atoms with Crippen LogP contribution in [0.25, 0.3) is 0 Å². The molecule has 2 rings (SSSR count). The van der Waals surface area contributed by atoms with E-state index in [4.69, 9.17) is 4.74 Å². The zero-order chi connectivity index (χ0) is 18.9. The average Bonchev–Trinajstić information content (AvgIpc) is 2.61. The van der Waals surface area contributed by atoms with Crippen LogP contribution in [-0.4, -0.2) is 23.7 Å². The predicted molar refractivity (Wildman–Crippen MR) is 102 cm³/mol. The number of carbonyl (C=O) groups is 1. The molecule has 8 heteroatoms. The summed E-state index contributed by atoms with van der Waals surface area (Å²) in [6, 6.07) is 11.7. The molecule has 0 bridgehead atoms. The lowest BCUT2D eigenvalue weighted by molar-refractivity contribution is -0.384. The van der Waals surface area contributed by atoms with Crippen LogP contribution in [-0.2, 0) is 11.2 Å². The standard InChI is InChI=1S/C18H18BrN3O4/c1-2-4-13-7-8-17(16(19)10-13)26-12-18(23)21-20-11-14-5-3-6-15(9-14)22(24)25/h3,5-11H,2,4,12H2,1H3,(H,21,23)/b20-11+. The smallest absolute Gasteiger partial charge is 0.277 e. The van der Waals surface area contributed by atoms with Crippen molar-refractivity contribution in [3.63, 3.8) is 0 Å². The molecular weight excluding hydrogens is 402 g/mol. The normalized spacial score (nSPS) is 10.7. The highest BCUT2D eigenvalue weighted by molar-refractivity contribution is 9.10. The number of nitro benzene ring substituents is 1. The summed E-state index contributed by atoms with van der Waals surface area (Å²) in [5, 5.41) is 14.5. The van der Waals surface area contributed by atoms with E-state index in [0.29, 0.717) is 11.3 Å². The molecule has 2 aromatic rings. The van der Waals surface area contributed by atoms with Crippen molar-refractivity contribution < 1.29 is 14.5 Å². The van der Waals surface area contributed by atoms with Gasteiger partial charge in [-0.3, -0.25) is 14.9 Å². The summed E-state index contributed by atoms with van der Waals surface area (Å²) in [6.07, 6.45) is 3.36. The van der Waals surface area contributed by atoms with Gasteiger partial charge >= 0.3 is 0 Å². The van der Waals surface area contributed by atoms with Crippen LogP contribution in [0, 0.1) is 10.1 Å². The fraction of sp³-hybridized carbons (Fsp3) is 0.222. The molecule has 1 N–H and O–H groups in total. The lowest BCUT2D eigenvalue weighted by Crippen LogP contribution is -2.24. The van der Waals surface area contributed by atoms with Gasteiger partial charge in [0.2, 0.25) is 0 Å². The van der Waals surface area contributed by atoms with Gasteiger partial charge in [-0.25, -0.2) is 5.43 Å². The highest BCUT2D eigenvalue weighted by Crippen LogP contribution is 2.26. The summed E-state index contributed by atoms with van der Waals surface area (Å²) in [5.74, 6) is 0.138. The first-order valence-corrected chi connectivity index (χ1v) is 8.76. The minimum atomic E-state index is -0.493. The van der Waals surface area contributed by atoms with Crippen LogP contribution >= 0.6 is 15.9 Å². The second-order valence-corrected chi connectivity index (χ2v) is 6.30. The Balaban J connectivity index is 1.85. The van der Waals surface area contributed by atoms with E-state index in [1.165, 1.54) is 23.9 Å². The van der Waals surface area contributed by atoms with Gasteiger partial charge in [-0.2, -0.15) is 5.10 Å². The molecule has 0 atom stereocenters. The molecule has 0 heterocycles. The van der Waals surface area contributed by atoms with Crippen molar-refractivity contribution in [2.24, 2.45) is 5.10 Å². The molecule has 0 radical (unpaired) electrons. The molecule has 0 saturated heterocycles. The summed E-state index contributed by atoms with van der Waals surface area (Å²) in [5.41, 5.74) is 3.98. The van der Waals surface area contributed by atoms with Gasteiger partial charge in [0, 0.05) is 17.7 Å². The summed E-state index contributed by atoms with van der Waals surface area (Å²) < 4.78 is 6.25. The fourth-order valence-electron chi connectivity index (χ4n) is 2.18. The first kappa shape index (κ1) is 19.6. The summed E-state index contributed by atoms with van der Waals surface area (Å²) in [4.78, 5) is 22.0. The third-order valence-electron chi connectivity index (χ3n) is 3.38. The zero-order valence-corrected chi connectivity index (χ0v) is 15.7. The van der Waals surface area contributed by atoms with Crippen LogP contribution in [0.3, 0.4) is 0 Å². The Labute approximate surface area is 159 Å². The van der Waals surface area contributed by atoms with E-state index in [1.54, 1.807) is 12.1 Å². The Morgan fingerprint density at radius 3 is 2.85 bits per heavy atom. The van der Waals surface area contributed by atoms with Gasteiger partial charge in [0.25, 0.3) is 11.6 Å². The SMILES string of the molecule is CCCc1ccc(OCC(=O)N/N=C/c2cccc([N+](=O)[O-])c2)c(Br)c1. The maximum Gasteiger partial charge on any atom is 0.277 e. The summed E-state index contributed by atoms with van der Waals surface area (Å²) in [6.45, 7) is 1.91. The summed E-state index contributed by atoms with van der Waals surface area (Å²) in [7, 11) is 0. The number of hydrazone groups is 1. The molecule has 26 heavy (non-hydrogen) atoms. The second kappa shape index (κ2) is 9.67. The Morgan fingerprint density at radius 2 is 2.15 bits per heavy atom. The largest absolute Gasteiger partial charge is 0.483 e. The number of non-ortho nitro benzene ring substituents is 1. The molecule has 7 nitrogen and oxygen atoms in total. The third kappa shape index (κ3) is 5.96. The Bertz CT molecular complexity index is 824. The molecule has 0 fully saturated rings. The van der Waals surface area contributed by atoms with Crippen LogP contribution in [0.15, 0.2) is 52.0 Å². The molecule has 0 aliphatic rings. The topological polar surface area (TPSA) is 93.8 Å². The Kier molecular flexibility index (Phi) is 7.28. The van der Waals surface area contributed by atoms with Crippen molar-refractivity contribution in [1.82, 2.24) is 5.43 Å². The van der Waals surface area contributed by atoms with E-state index in [9.17, 15) is 14.9 Å². The maximum absolute atomic E-state index is 11.8. The number of amides is 1. The van der Waals surface area contributed by atoms with Gasteiger partial charge < -0.3 is 4.74 Å². The minimum Gasteiger partial charge on any atom is -0.483 e. The van der Waals surface area contributed by atoms with Gasteiger partial charge in [-0.15, -0.1) is 0 Å². The molecular formula is C18H18BrN3O4. The molecule has 0 aromatic heterocycles. The number of halogens is 1. The van der Waals surface area contributed by atoms with E-state index in [-0.39, 0.29) is 12.3 Å². The molecule has 1 amide bonds. The lowest BCUT2D eigenvalue weighted by atomic mass is 10.1. The van der Waals surface area contributed by atoms with Gasteiger partial charge in [-0.1, -0.05) is 31.5 Å². The number of carbonyl (C=O) groups excluding carboxylic acids is 1. The average molecular weight is 420 g/mol. The zero-order valence-electron chi connectivity index (χ0n) is 14.1. The molecule has 0 spiro atoms. The van der Waals surface area contributed by atoms with Crippen LogP contribution < -0.4 is 10.2 Å². The van der Waals surface area contributed by atoms with Crippen LogP contribution in [0.2, 0.25) is 0 Å². The number of hydrogen-bond donors (Lipinski definition) is 1. The predicted octanol–water partition coefficient (Wildman–Crippen LogP) is 3.84. The van der Waals surface area contributed by atoms with Crippen molar-refractivity contribution in [3.8, 4) is 5.75 Å². The van der Waals surface area contributed by atoms with Gasteiger partial charge in [0.15, 0.2) is 6.61 Å². The number of nitro groups is 1. The number of ether oxygens (including phenoxy) is 1. The molecule has 136 valence electrons. The van der Waals surface area contributed by atoms with Gasteiger partial charge in [0.05, 0.1) is 15.6 Å². The second-order valence-electron chi connectivity index (χ2n) is 5.45. The van der Waals surface area contributed by atoms with E-state index in [1.807, 2.05) is 18.2 Å². The minimum absolute atomic E-state index is 0.0417. The lowest BCUT2D eigenvalue weighted by Gasteiger charge is -2.08. The van der Waals surface area contributed by atoms with Gasteiger partial charge in [-0.05, 0) is 40.0 Å². The van der Waals surface area contributed by atoms with E-state index >= 15 is 0 Å². The third-order valence-corrected chi connectivity index (χ3v) is 4.00. The van der Waals surface area contributed by atoms with Crippen molar-refractivity contribution in [1.29, 1.82) is 0 Å². The van der Waals surface area contributed by atoms with Crippen molar-refractivity contribution in [3.05, 3.63) is 68.2 Å². The number of benzene rings is 2. The molecule has 0 saturated carbocycles. The van der Waals surface area contributed by atoms with Crippen LogP contribution in [0.1, 0.15) is 24.5 Å². The van der Waals surface area contributed by atoms with Crippen LogP contribution in [0.4, 0.5) is 5.69 Å². The monoisotopic (exact) mass is 419 g/mol. The molecule has 0 unspecified atom stereocenters. The quantitative estimate of drug-likeness (QED) is 0.399. The highest BCUT2D eigenvalue weighted by Gasteiger charge is 2.07. The summed E-state index contributed by atoms with van der Waals surface area (Å²) >= 11 is 3.43. The molecule has 2 aromatic carbocycles. The van der Waals surface area contributed by atoms with Gasteiger partial charge in [0.1, 0.15) is 5.75 Å². The van der Waals surface area contributed by atoms with Crippen LogP contribution in [0.5, 0.6) is 5.75 Å². The Hall–Kier alpha value is -2.74. The highest BCUT2D eigenvalue weighted by atomic mass is 79.9. The van der Waals surface area contributed by atoms with E-state index in [0.717, 1.165) is 17.3 Å². The van der Waals surface area contributed by atoms with E-state index in [2.05, 4.69) is 33.4 Å². The first-order chi connectivity index (χ1) is 12.5. The maximum atomic E-state index is 11.8. The number of nitrogens with one attached hydrogen (secondary N) is 1. The molecule has 0 aliphatic carbocycles. The number of nitrogens with zero attached hydrogens (tertiary/aromatic N) is 2. The Morgan fingerprint density at radius 1 is 1.35 bits per heavy atom. The van der Waals surface area contributed by atoms with E-state index < -0.39 is 10.8 Å². The molecule has 0 aliphatic heterocycles. The number of rotatable bonds is 8. The number of aryl methyl sites for hydroxylation is 1. The first-order valence-electron chi connectivity index (χ1n) is 7.97. The van der Waals surface area contributed by atoms with Crippen molar-refractivity contribution >= 4 is 33.7 Å². The van der Waals surface area contributed by atoms with Crippen molar-refractivity contribution in [2.75, 3.05) is 6.61 Å². The number of hydrogen-bond acceptors (Lipinski definition) is 5. The fourth-order valence-corrected chi connectivity index (χ4v) is 2.72. The van der Waals surface area contributed by atoms with Crippen molar-refractivity contribution in [2.45, 2.75) is 19.8 Å².